The molecule has 6 nitrogen and oxygen atoms in total. The second kappa shape index (κ2) is 15.2. The minimum Gasteiger partial charge on any atom is -0.499 e. The summed E-state index contributed by atoms with van der Waals surface area (Å²) < 4.78 is 10.6. The highest BCUT2D eigenvalue weighted by Crippen LogP contribution is 2.24. The smallest absolute Gasteiger partial charge is 0.305 e. The van der Waals surface area contributed by atoms with Gasteiger partial charge in [-0.2, -0.15) is 0 Å². The van der Waals surface area contributed by atoms with Crippen molar-refractivity contribution in [2.24, 2.45) is 0 Å². The molecule has 0 spiro atoms. The molecule has 0 saturated carbocycles. The van der Waals surface area contributed by atoms with E-state index in [2.05, 4.69) is 13.2 Å². The van der Waals surface area contributed by atoms with Crippen molar-refractivity contribution in [3.05, 3.63) is 47.7 Å². The lowest BCUT2D eigenvalue weighted by molar-refractivity contribution is -0.143. The minimum absolute atomic E-state index is 0.0507. The third kappa shape index (κ3) is 12.6. The molecule has 0 radical (unpaired) electrons. The van der Waals surface area contributed by atoms with Gasteiger partial charge in [0.15, 0.2) is 11.6 Å². The van der Waals surface area contributed by atoms with Gasteiger partial charge in [-0.05, 0) is 71.0 Å². The Hall–Kier alpha value is -2.70. The summed E-state index contributed by atoms with van der Waals surface area (Å²) >= 11 is 0. The van der Waals surface area contributed by atoms with Crippen molar-refractivity contribution in [1.29, 1.82) is 0 Å². The van der Waals surface area contributed by atoms with Gasteiger partial charge in [-0.3, -0.25) is 14.4 Å². The average molecular weight is 430 g/mol. The summed E-state index contributed by atoms with van der Waals surface area (Å²) in [7, 11) is 0. The van der Waals surface area contributed by atoms with Gasteiger partial charge in [0.1, 0.15) is 5.68 Å². The van der Waals surface area contributed by atoms with Gasteiger partial charge in [-0.15, -0.1) is 6.58 Å². The standard InChI is InChI=1S/C17H25BO4.C7H10O2/c1-5-17(20)22-10-8-6-7-9-21-14(3)12-18-15(4)13(2)11-16(18)19;1-5(7(3)9)4-6(2)8/h11H,3-10,12H2,1-2H3;4H,1-3H3/b;5-4-. The maximum absolute atomic E-state index is 11.8. The molecular formula is C24H35BO6. The van der Waals surface area contributed by atoms with Crippen molar-refractivity contribution in [3.63, 3.8) is 0 Å². The lowest BCUT2D eigenvalue weighted by Crippen LogP contribution is -2.23. The second-order valence-electron chi connectivity index (χ2n) is 7.53. The average Bonchev–Trinajstić information content (AvgIpc) is 2.92. The number of esters is 1. The Morgan fingerprint density at radius 3 is 2.06 bits per heavy atom. The normalized spacial score (nSPS) is 13.3. The Labute approximate surface area is 186 Å². The quantitative estimate of drug-likeness (QED) is 0.150. The molecule has 1 aliphatic heterocycles. The zero-order valence-electron chi connectivity index (χ0n) is 19.5. The number of ether oxygens (including phenoxy) is 2. The summed E-state index contributed by atoms with van der Waals surface area (Å²) in [5.74, 6) is 0.336. The van der Waals surface area contributed by atoms with E-state index in [0.29, 0.717) is 37.3 Å². The minimum atomic E-state index is -0.207. The Balaban J connectivity index is 0.000000842. The number of allylic oxidation sites excluding steroid dienone is 6. The number of Topliss-reactive ketones (excluding diaryl/α,β-unsaturated/α-hetero) is 1. The molecule has 170 valence electrons. The molecule has 31 heavy (non-hydrogen) atoms. The maximum atomic E-state index is 11.8. The van der Waals surface area contributed by atoms with E-state index in [4.69, 9.17) is 9.47 Å². The molecule has 0 aromatic rings. The van der Waals surface area contributed by atoms with Crippen LogP contribution >= 0.6 is 0 Å². The first-order chi connectivity index (χ1) is 14.5. The van der Waals surface area contributed by atoms with E-state index < -0.39 is 0 Å². The Morgan fingerprint density at radius 2 is 1.65 bits per heavy atom. The van der Waals surface area contributed by atoms with Gasteiger partial charge in [-0.1, -0.05) is 24.5 Å². The molecule has 1 heterocycles. The van der Waals surface area contributed by atoms with Gasteiger partial charge in [0.25, 0.3) is 6.71 Å². The molecule has 0 aromatic carbocycles. The fourth-order valence-electron chi connectivity index (χ4n) is 2.66. The van der Waals surface area contributed by atoms with Gasteiger partial charge in [0.05, 0.1) is 19.0 Å². The van der Waals surface area contributed by atoms with Crippen molar-refractivity contribution in [3.8, 4) is 0 Å². The predicted molar refractivity (Wildman–Crippen MR) is 124 cm³/mol. The summed E-state index contributed by atoms with van der Waals surface area (Å²) in [5, 5.41) is 0. The van der Waals surface area contributed by atoms with Crippen LogP contribution in [-0.4, -0.2) is 43.1 Å². The largest absolute Gasteiger partial charge is 0.499 e. The van der Waals surface area contributed by atoms with E-state index in [9.17, 15) is 19.2 Å². The van der Waals surface area contributed by atoms with Crippen LogP contribution in [0.2, 0.25) is 6.32 Å². The van der Waals surface area contributed by atoms with Crippen LogP contribution in [0.3, 0.4) is 0 Å². The molecule has 1 aliphatic rings. The maximum Gasteiger partial charge on any atom is 0.305 e. The first kappa shape index (κ1) is 28.3. The number of carbonyl (C=O) groups is 4. The van der Waals surface area contributed by atoms with Crippen molar-refractivity contribution < 1.29 is 28.7 Å². The number of rotatable bonds is 12. The van der Waals surface area contributed by atoms with Crippen LogP contribution < -0.4 is 0 Å². The predicted octanol–water partition coefficient (Wildman–Crippen LogP) is 4.41. The van der Waals surface area contributed by atoms with Crippen molar-refractivity contribution >= 4 is 29.9 Å². The topological polar surface area (TPSA) is 86.7 Å². The number of hydrogen-bond donors (Lipinski definition) is 0. The highest BCUT2D eigenvalue weighted by atomic mass is 16.5. The monoisotopic (exact) mass is 430 g/mol. The molecule has 0 amide bonds. The van der Waals surface area contributed by atoms with Crippen molar-refractivity contribution in [2.75, 3.05) is 13.2 Å². The molecule has 0 aliphatic carbocycles. The van der Waals surface area contributed by atoms with Crippen molar-refractivity contribution in [2.45, 2.75) is 66.6 Å². The summed E-state index contributed by atoms with van der Waals surface area (Å²) in [4.78, 5) is 43.5. The molecule has 0 N–H and O–H groups in total. The van der Waals surface area contributed by atoms with Crippen LogP contribution in [0.15, 0.2) is 47.7 Å². The molecule has 0 atom stereocenters. The van der Waals surface area contributed by atoms with Crippen molar-refractivity contribution in [1.82, 2.24) is 0 Å². The molecule has 0 bridgehead atoms. The summed E-state index contributed by atoms with van der Waals surface area (Å²) in [6.45, 7) is 16.8. The molecule has 0 fully saturated rings. The van der Waals surface area contributed by atoms with Crippen LogP contribution in [0.25, 0.3) is 0 Å². The zero-order chi connectivity index (χ0) is 24.0. The van der Waals surface area contributed by atoms with E-state index in [1.165, 1.54) is 19.9 Å². The first-order valence-corrected chi connectivity index (χ1v) is 10.6. The van der Waals surface area contributed by atoms with E-state index in [-0.39, 0.29) is 29.9 Å². The molecular weight excluding hydrogens is 395 g/mol. The third-order valence-electron chi connectivity index (χ3n) is 4.68. The Bertz CT molecular complexity index is 760. The Kier molecular flexibility index (Phi) is 13.8. The molecule has 0 aromatic heterocycles. The van der Waals surface area contributed by atoms with Crippen LogP contribution in [-0.2, 0) is 28.7 Å². The summed E-state index contributed by atoms with van der Waals surface area (Å²) in [5.41, 5.74) is 2.42. The van der Waals surface area contributed by atoms with E-state index >= 15 is 0 Å². The Morgan fingerprint density at radius 1 is 1.06 bits per heavy atom. The molecule has 1 rings (SSSR count). The fourth-order valence-corrected chi connectivity index (χ4v) is 2.66. The van der Waals surface area contributed by atoms with Crippen LogP contribution in [0, 0.1) is 0 Å². The number of unbranched alkanes of at least 4 members (excludes halogenated alkanes) is 2. The van der Waals surface area contributed by atoms with Gasteiger partial charge in [0, 0.05) is 6.42 Å². The fraction of sp³-hybridized carbons (Fsp3) is 0.500. The summed E-state index contributed by atoms with van der Waals surface area (Å²) in [6.07, 6.45) is 6.53. The third-order valence-corrected chi connectivity index (χ3v) is 4.68. The highest BCUT2D eigenvalue weighted by molar-refractivity contribution is 6.99. The van der Waals surface area contributed by atoms with Gasteiger partial charge in [-0.25, -0.2) is 0 Å². The number of carbonyl (C=O) groups excluding carboxylic acids is 4. The SMILES string of the molecule is C=C(CB1C(=C)C(C)=CC1=O)OCCCCCOC(=O)CC.CC(=O)/C=C(/C)C(C)=O. The van der Waals surface area contributed by atoms with Gasteiger partial charge < -0.3 is 14.3 Å². The van der Waals surface area contributed by atoms with E-state index in [1.54, 1.807) is 19.9 Å². The lowest BCUT2D eigenvalue weighted by atomic mass is 9.41. The van der Waals surface area contributed by atoms with Crippen LogP contribution in [0.4, 0.5) is 0 Å². The van der Waals surface area contributed by atoms with E-state index in [1.807, 2.05) is 6.92 Å². The number of hydrogen-bond acceptors (Lipinski definition) is 6. The molecule has 0 saturated heterocycles. The van der Waals surface area contributed by atoms with E-state index in [0.717, 1.165) is 30.3 Å². The lowest BCUT2D eigenvalue weighted by Gasteiger charge is -2.12. The summed E-state index contributed by atoms with van der Waals surface area (Å²) in [6, 6.07) is 0. The van der Waals surface area contributed by atoms with Gasteiger partial charge in [0.2, 0.25) is 0 Å². The van der Waals surface area contributed by atoms with Gasteiger partial charge >= 0.3 is 5.97 Å². The first-order valence-electron chi connectivity index (χ1n) is 10.6. The van der Waals surface area contributed by atoms with Crippen LogP contribution in [0.1, 0.15) is 60.3 Å². The zero-order valence-corrected chi connectivity index (χ0v) is 19.5. The second-order valence-corrected chi connectivity index (χ2v) is 7.53. The number of ketones is 2. The molecule has 7 heteroatoms. The highest BCUT2D eigenvalue weighted by Gasteiger charge is 2.32. The van der Waals surface area contributed by atoms with Crippen LogP contribution in [0.5, 0.6) is 0 Å². The molecule has 0 unspecified atom stereocenters.